The first kappa shape index (κ1) is 18.3. The summed E-state index contributed by atoms with van der Waals surface area (Å²) in [5.41, 5.74) is 0.664. The lowest BCUT2D eigenvalue weighted by Gasteiger charge is -2.34. The van der Waals surface area contributed by atoms with Gasteiger partial charge in [-0.2, -0.15) is 0 Å². The predicted octanol–water partition coefficient (Wildman–Crippen LogP) is 2.98. The Bertz CT molecular complexity index is 690. The molecule has 4 rings (SSSR count). The number of methoxy groups -OCH3 is 1. The largest absolute Gasteiger partial charge is 0.497 e. The van der Waals surface area contributed by atoms with Gasteiger partial charge in [-0.05, 0) is 49.3 Å². The summed E-state index contributed by atoms with van der Waals surface area (Å²) in [5.74, 6) is 1.93. The first-order valence-electron chi connectivity index (χ1n) is 10.3. The van der Waals surface area contributed by atoms with Crippen molar-refractivity contribution in [3.05, 3.63) is 29.8 Å². The molecule has 1 aromatic rings. The summed E-state index contributed by atoms with van der Waals surface area (Å²) in [6.45, 7) is 2.77. The lowest BCUT2D eigenvalue weighted by Crippen LogP contribution is -2.47. The smallest absolute Gasteiger partial charge is 0.233 e. The van der Waals surface area contributed by atoms with Gasteiger partial charge in [0.25, 0.3) is 0 Å². The standard InChI is InChI=1S/C22H30N2O3/c1-27-19-8-6-18(7-9-19)22(11-2-3-12-22)21(26)23-13-10-20(25)24(15-14-23)16-17-4-5-17/h6-9,17H,2-5,10-16H2,1H3. The summed E-state index contributed by atoms with van der Waals surface area (Å²) in [6, 6.07) is 7.99. The SMILES string of the molecule is COc1ccc(C2(C(=O)N3CCC(=O)N(CC4CC4)CC3)CCCC2)cc1. The molecule has 1 saturated heterocycles. The molecule has 0 radical (unpaired) electrons. The van der Waals surface area contributed by atoms with E-state index < -0.39 is 5.41 Å². The van der Waals surface area contributed by atoms with Gasteiger partial charge in [0.05, 0.1) is 12.5 Å². The maximum Gasteiger partial charge on any atom is 0.233 e. The minimum Gasteiger partial charge on any atom is -0.497 e. The van der Waals surface area contributed by atoms with E-state index in [1.165, 1.54) is 12.8 Å². The number of nitrogens with zero attached hydrogens (tertiary/aromatic N) is 2. The summed E-state index contributed by atoms with van der Waals surface area (Å²) in [6.07, 6.45) is 6.90. The Morgan fingerprint density at radius 2 is 1.81 bits per heavy atom. The second-order valence-electron chi connectivity index (χ2n) is 8.34. The van der Waals surface area contributed by atoms with Crippen molar-refractivity contribution in [1.82, 2.24) is 9.80 Å². The number of carbonyl (C=O) groups excluding carboxylic acids is 2. The van der Waals surface area contributed by atoms with Crippen LogP contribution < -0.4 is 4.74 Å². The second-order valence-corrected chi connectivity index (χ2v) is 8.34. The van der Waals surface area contributed by atoms with Gasteiger partial charge in [0.2, 0.25) is 11.8 Å². The Kier molecular flexibility index (Phi) is 5.11. The van der Waals surface area contributed by atoms with Crippen LogP contribution in [0.4, 0.5) is 0 Å². The van der Waals surface area contributed by atoms with Crippen molar-refractivity contribution in [1.29, 1.82) is 0 Å². The van der Waals surface area contributed by atoms with Crippen LogP contribution in [-0.2, 0) is 15.0 Å². The van der Waals surface area contributed by atoms with Crippen molar-refractivity contribution in [2.75, 3.05) is 33.3 Å². The molecule has 0 unspecified atom stereocenters. The summed E-state index contributed by atoms with van der Waals surface area (Å²) >= 11 is 0. The number of carbonyl (C=O) groups is 2. The molecule has 2 saturated carbocycles. The Morgan fingerprint density at radius 3 is 2.44 bits per heavy atom. The van der Waals surface area contributed by atoms with Crippen molar-refractivity contribution in [2.45, 2.75) is 50.4 Å². The van der Waals surface area contributed by atoms with Gasteiger partial charge in [-0.3, -0.25) is 9.59 Å². The van der Waals surface area contributed by atoms with Crippen molar-refractivity contribution >= 4 is 11.8 Å². The van der Waals surface area contributed by atoms with Crippen LogP contribution in [0.5, 0.6) is 5.75 Å². The van der Waals surface area contributed by atoms with Crippen LogP contribution in [0.1, 0.15) is 50.5 Å². The van der Waals surface area contributed by atoms with E-state index in [9.17, 15) is 9.59 Å². The molecule has 3 aliphatic rings. The minimum absolute atomic E-state index is 0.210. The van der Waals surface area contributed by atoms with Crippen LogP contribution in [0.2, 0.25) is 0 Å². The van der Waals surface area contributed by atoms with E-state index in [1.807, 2.05) is 34.1 Å². The predicted molar refractivity (Wildman–Crippen MR) is 104 cm³/mol. The fourth-order valence-electron chi connectivity index (χ4n) is 4.69. The van der Waals surface area contributed by atoms with E-state index >= 15 is 0 Å². The van der Waals surface area contributed by atoms with E-state index in [0.717, 1.165) is 43.5 Å². The zero-order valence-corrected chi connectivity index (χ0v) is 16.3. The van der Waals surface area contributed by atoms with E-state index in [-0.39, 0.29) is 11.8 Å². The van der Waals surface area contributed by atoms with Gasteiger partial charge in [-0.15, -0.1) is 0 Å². The van der Waals surface area contributed by atoms with E-state index in [0.29, 0.717) is 32.0 Å². The van der Waals surface area contributed by atoms with Crippen molar-refractivity contribution in [2.24, 2.45) is 5.92 Å². The average Bonchev–Trinajstić information content (AvgIpc) is 3.42. The highest BCUT2D eigenvalue weighted by atomic mass is 16.5. The first-order valence-corrected chi connectivity index (χ1v) is 10.3. The maximum absolute atomic E-state index is 13.6. The zero-order chi connectivity index (χ0) is 18.9. The number of benzene rings is 1. The van der Waals surface area contributed by atoms with Gasteiger partial charge in [0.15, 0.2) is 0 Å². The molecule has 27 heavy (non-hydrogen) atoms. The van der Waals surface area contributed by atoms with Crippen LogP contribution in [0.25, 0.3) is 0 Å². The average molecular weight is 370 g/mol. The number of rotatable bonds is 5. The summed E-state index contributed by atoms with van der Waals surface area (Å²) in [5, 5.41) is 0. The van der Waals surface area contributed by atoms with Gasteiger partial charge < -0.3 is 14.5 Å². The fraction of sp³-hybridized carbons (Fsp3) is 0.636. The molecule has 5 heteroatoms. The summed E-state index contributed by atoms with van der Waals surface area (Å²) < 4.78 is 5.28. The number of ether oxygens (including phenoxy) is 1. The Balaban J connectivity index is 1.52. The molecule has 0 spiro atoms. The lowest BCUT2D eigenvalue weighted by atomic mass is 9.77. The topological polar surface area (TPSA) is 49.9 Å². The van der Waals surface area contributed by atoms with Crippen LogP contribution in [0.15, 0.2) is 24.3 Å². The number of hydrogen-bond acceptors (Lipinski definition) is 3. The third-order valence-electron chi connectivity index (χ3n) is 6.56. The molecule has 0 bridgehead atoms. The lowest BCUT2D eigenvalue weighted by molar-refractivity contribution is -0.137. The van der Waals surface area contributed by atoms with Gasteiger partial charge >= 0.3 is 0 Å². The van der Waals surface area contributed by atoms with Gasteiger partial charge in [-0.1, -0.05) is 25.0 Å². The normalized spacial score (nSPS) is 22.6. The molecule has 0 aromatic heterocycles. The summed E-state index contributed by atoms with van der Waals surface area (Å²) in [7, 11) is 1.66. The van der Waals surface area contributed by atoms with Crippen LogP contribution in [0, 0.1) is 5.92 Å². The van der Waals surface area contributed by atoms with Crippen molar-refractivity contribution < 1.29 is 14.3 Å². The Morgan fingerprint density at radius 1 is 1.11 bits per heavy atom. The van der Waals surface area contributed by atoms with Crippen molar-refractivity contribution in [3.63, 3.8) is 0 Å². The molecule has 1 aliphatic heterocycles. The quantitative estimate of drug-likeness (QED) is 0.801. The Labute approximate surface area is 161 Å². The second kappa shape index (κ2) is 7.53. The molecule has 0 atom stereocenters. The van der Waals surface area contributed by atoms with Crippen LogP contribution in [-0.4, -0.2) is 54.9 Å². The first-order chi connectivity index (χ1) is 13.1. The molecule has 5 nitrogen and oxygen atoms in total. The molecular weight excluding hydrogens is 340 g/mol. The molecule has 1 heterocycles. The molecular formula is C22H30N2O3. The van der Waals surface area contributed by atoms with E-state index in [1.54, 1.807) is 7.11 Å². The summed E-state index contributed by atoms with van der Waals surface area (Å²) in [4.78, 5) is 30.0. The highest BCUT2D eigenvalue weighted by molar-refractivity contribution is 5.89. The van der Waals surface area contributed by atoms with Gasteiger partial charge in [-0.25, -0.2) is 0 Å². The molecule has 146 valence electrons. The van der Waals surface area contributed by atoms with Crippen LogP contribution in [0.3, 0.4) is 0 Å². The van der Waals surface area contributed by atoms with Crippen LogP contribution >= 0.6 is 0 Å². The molecule has 0 N–H and O–H groups in total. The fourth-order valence-corrected chi connectivity index (χ4v) is 4.69. The number of amides is 2. The minimum atomic E-state index is -0.430. The Hall–Kier alpha value is -2.04. The van der Waals surface area contributed by atoms with Gasteiger partial charge in [0.1, 0.15) is 5.75 Å². The van der Waals surface area contributed by atoms with Gasteiger partial charge in [0, 0.05) is 32.6 Å². The highest BCUT2D eigenvalue weighted by Gasteiger charge is 2.45. The van der Waals surface area contributed by atoms with E-state index in [2.05, 4.69) is 0 Å². The van der Waals surface area contributed by atoms with Crippen molar-refractivity contribution in [3.8, 4) is 5.75 Å². The van der Waals surface area contributed by atoms with E-state index in [4.69, 9.17) is 4.74 Å². The maximum atomic E-state index is 13.6. The zero-order valence-electron chi connectivity index (χ0n) is 16.3. The molecule has 2 amide bonds. The molecule has 3 fully saturated rings. The molecule has 1 aromatic carbocycles. The molecule has 2 aliphatic carbocycles. The third kappa shape index (κ3) is 3.69. The monoisotopic (exact) mass is 370 g/mol. The third-order valence-corrected chi connectivity index (χ3v) is 6.56. The number of hydrogen-bond donors (Lipinski definition) is 0. The highest BCUT2D eigenvalue weighted by Crippen LogP contribution is 2.43.